The maximum Gasteiger partial charge on any atom is 0.326 e. The van der Waals surface area contributed by atoms with Crippen LogP contribution in [0, 0.1) is 0 Å². The van der Waals surface area contributed by atoms with Crippen molar-refractivity contribution in [1.82, 2.24) is 25.9 Å². The van der Waals surface area contributed by atoms with Crippen molar-refractivity contribution in [2.24, 2.45) is 11.5 Å². The van der Waals surface area contributed by atoms with Crippen LogP contribution >= 0.6 is 0 Å². The molecule has 1 rings (SSSR count). The molecule has 0 aliphatic carbocycles. The van der Waals surface area contributed by atoms with E-state index in [2.05, 4.69) is 25.9 Å². The van der Waals surface area contributed by atoms with Crippen LogP contribution < -0.4 is 27.4 Å². The lowest BCUT2D eigenvalue weighted by Crippen LogP contribution is -2.60. The summed E-state index contributed by atoms with van der Waals surface area (Å²) in [6.07, 6.45) is 0.835. The topological polar surface area (TPSA) is 263 Å². The SMILES string of the molecule is CC(O)C(NC(=O)C(CO)NC(=O)C(N)Cc1cnc[nH]1)C(=O)NC(CCC(N)=O)C(=O)O. The van der Waals surface area contributed by atoms with Crippen molar-refractivity contribution in [3.8, 4) is 0 Å². The Labute approximate surface area is 188 Å². The Kier molecular flexibility index (Phi) is 10.9. The van der Waals surface area contributed by atoms with Crippen LogP contribution in [-0.2, 0) is 30.4 Å². The molecule has 0 saturated carbocycles. The van der Waals surface area contributed by atoms with Gasteiger partial charge in [-0.15, -0.1) is 0 Å². The minimum atomic E-state index is -1.63. The quantitative estimate of drug-likeness (QED) is 0.125. The van der Waals surface area contributed by atoms with E-state index in [9.17, 15) is 39.3 Å². The molecule has 1 heterocycles. The van der Waals surface area contributed by atoms with Gasteiger partial charge >= 0.3 is 5.97 Å². The Morgan fingerprint density at radius 1 is 1.09 bits per heavy atom. The fraction of sp³-hybridized carbons (Fsp3) is 0.556. The maximum atomic E-state index is 12.5. The Balaban J connectivity index is 2.77. The smallest absolute Gasteiger partial charge is 0.326 e. The molecule has 0 saturated heterocycles. The van der Waals surface area contributed by atoms with E-state index in [0.29, 0.717) is 5.69 Å². The van der Waals surface area contributed by atoms with E-state index in [1.54, 1.807) is 0 Å². The van der Waals surface area contributed by atoms with Crippen LogP contribution in [0.2, 0.25) is 0 Å². The number of carbonyl (C=O) groups excluding carboxylic acids is 4. The van der Waals surface area contributed by atoms with Crippen molar-refractivity contribution in [2.75, 3.05) is 6.61 Å². The number of nitrogens with two attached hydrogens (primary N) is 2. The number of aliphatic hydroxyl groups excluding tert-OH is 2. The van der Waals surface area contributed by atoms with E-state index in [0.717, 1.165) is 6.92 Å². The number of carbonyl (C=O) groups is 5. The summed E-state index contributed by atoms with van der Waals surface area (Å²) < 4.78 is 0. The number of nitrogens with zero attached hydrogens (tertiary/aromatic N) is 1. The third kappa shape index (κ3) is 9.22. The second-order valence-electron chi connectivity index (χ2n) is 7.26. The number of aliphatic hydroxyl groups is 2. The van der Waals surface area contributed by atoms with E-state index in [1.807, 2.05) is 0 Å². The monoisotopic (exact) mass is 471 g/mol. The summed E-state index contributed by atoms with van der Waals surface area (Å²) in [5.74, 6) is -5.08. The first-order valence-corrected chi connectivity index (χ1v) is 9.90. The van der Waals surface area contributed by atoms with Crippen molar-refractivity contribution >= 4 is 29.6 Å². The Morgan fingerprint density at radius 3 is 2.21 bits per heavy atom. The number of hydrogen-bond acceptors (Lipinski definition) is 9. The molecule has 0 radical (unpaired) electrons. The normalized spacial score (nSPS) is 15.4. The lowest BCUT2D eigenvalue weighted by atomic mass is 10.1. The Hall–Kier alpha value is -3.56. The molecule has 0 aliphatic rings. The van der Waals surface area contributed by atoms with Gasteiger partial charge in [-0.2, -0.15) is 0 Å². The van der Waals surface area contributed by atoms with Crippen molar-refractivity contribution in [2.45, 2.75) is 56.5 Å². The van der Waals surface area contributed by atoms with Gasteiger partial charge in [0, 0.05) is 24.7 Å². The fourth-order valence-electron chi connectivity index (χ4n) is 2.66. The van der Waals surface area contributed by atoms with E-state index in [4.69, 9.17) is 11.5 Å². The zero-order valence-electron chi connectivity index (χ0n) is 17.9. The number of rotatable bonds is 14. The molecule has 0 spiro atoms. The first-order chi connectivity index (χ1) is 15.5. The van der Waals surface area contributed by atoms with Crippen LogP contribution in [0.25, 0.3) is 0 Å². The Bertz CT molecular complexity index is 830. The average molecular weight is 471 g/mol. The molecular formula is C18H29N7O8. The number of aromatic nitrogens is 2. The second-order valence-corrected chi connectivity index (χ2v) is 7.26. The molecule has 0 aromatic carbocycles. The zero-order chi connectivity index (χ0) is 25.1. The van der Waals surface area contributed by atoms with Gasteiger partial charge in [0.05, 0.1) is 25.1 Å². The molecule has 11 N–H and O–H groups in total. The van der Waals surface area contributed by atoms with E-state index in [-0.39, 0.29) is 19.3 Å². The van der Waals surface area contributed by atoms with Gasteiger partial charge in [0.15, 0.2) is 0 Å². The summed E-state index contributed by atoms with van der Waals surface area (Å²) in [5.41, 5.74) is 11.3. The molecule has 5 unspecified atom stereocenters. The van der Waals surface area contributed by atoms with Crippen LogP contribution in [0.1, 0.15) is 25.5 Å². The molecule has 15 nitrogen and oxygen atoms in total. The lowest BCUT2D eigenvalue weighted by Gasteiger charge is -2.25. The molecule has 0 fully saturated rings. The predicted octanol–water partition coefficient (Wildman–Crippen LogP) is -4.54. The molecule has 0 bridgehead atoms. The highest BCUT2D eigenvalue weighted by Crippen LogP contribution is 2.02. The third-order valence-corrected chi connectivity index (χ3v) is 4.50. The highest BCUT2D eigenvalue weighted by molar-refractivity contribution is 5.94. The molecule has 15 heteroatoms. The van der Waals surface area contributed by atoms with Crippen molar-refractivity contribution in [3.05, 3.63) is 18.2 Å². The number of hydrogen-bond donors (Lipinski definition) is 9. The minimum absolute atomic E-state index is 0.0756. The summed E-state index contributed by atoms with van der Waals surface area (Å²) in [6.45, 7) is 0.315. The minimum Gasteiger partial charge on any atom is -0.480 e. The van der Waals surface area contributed by atoms with Gasteiger partial charge in [-0.25, -0.2) is 9.78 Å². The van der Waals surface area contributed by atoms with Gasteiger partial charge < -0.3 is 47.7 Å². The number of imidazole rings is 1. The average Bonchev–Trinajstić information content (AvgIpc) is 3.24. The molecule has 4 amide bonds. The largest absolute Gasteiger partial charge is 0.480 e. The zero-order valence-corrected chi connectivity index (χ0v) is 17.9. The molecular weight excluding hydrogens is 442 g/mol. The molecule has 1 aromatic rings. The van der Waals surface area contributed by atoms with Gasteiger partial charge in [0.2, 0.25) is 23.6 Å². The predicted molar refractivity (Wildman–Crippen MR) is 111 cm³/mol. The summed E-state index contributed by atoms with van der Waals surface area (Å²) in [5, 5.41) is 35.1. The van der Waals surface area contributed by atoms with Crippen molar-refractivity contribution in [3.63, 3.8) is 0 Å². The second kappa shape index (κ2) is 13.1. The van der Waals surface area contributed by atoms with Crippen LogP contribution in [0.5, 0.6) is 0 Å². The van der Waals surface area contributed by atoms with Gasteiger partial charge in [-0.05, 0) is 13.3 Å². The maximum absolute atomic E-state index is 12.5. The van der Waals surface area contributed by atoms with Crippen LogP contribution in [0.4, 0.5) is 0 Å². The number of carboxylic acids is 1. The summed E-state index contributed by atoms with van der Waals surface area (Å²) in [6, 6.07) is -5.72. The number of H-pyrrole nitrogens is 1. The molecule has 5 atom stereocenters. The highest BCUT2D eigenvalue weighted by atomic mass is 16.4. The summed E-state index contributed by atoms with van der Waals surface area (Å²) in [4.78, 5) is 65.9. The number of primary amides is 1. The molecule has 33 heavy (non-hydrogen) atoms. The van der Waals surface area contributed by atoms with Crippen LogP contribution in [-0.4, -0.2) is 91.8 Å². The van der Waals surface area contributed by atoms with E-state index >= 15 is 0 Å². The van der Waals surface area contributed by atoms with Gasteiger partial charge in [-0.1, -0.05) is 0 Å². The van der Waals surface area contributed by atoms with Crippen LogP contribution in [0.3, 0.4) is 0 Å². The summed E-state index contributed by atoms with van der Waals surface area (Å²) >= 11 is 0. The van der Waals surface area contributed by atoms with Crippen LogP contribution in [0.15, 0.2) is 12.5 Å². The molecule has 1 aromatic heterocycles. The number of nitrogens with one attached hydrogen (secondary N) is 4. The standard InChI is InChI=1S/C18H29N7O8/c1-8(27)14(17(31)23-11(18(32)33)2-3-13(20)28)25-16(30)12(6-26)24-15(29)10(19)4-9-5-21-7-22-9/h5,7-8,10-12,14,26-27H,2-4,6,19H2,1H3,(H2,20,28)(H,21,22)(H,23,31)(H,24,29)(H,25,30)(H,32,33). The van der Waals surface area contributed by atoms with E-state index in [1.165, 1.54) is 12.5 Å². The van der Waals surface area contributed by atoms with E-state index < -0.39 is 66.5 Å². The van der Waals surface area contributed by atoms with Crippen molar-refractivity contribution in [1.29, 1.82) is 0 Å². The van der Waals surface area contributed by atoms with Gasteiger partial charge in [0.25, 0.3) is 0 Å². The number of carboxylic acid groups (broad SMARTS) is 1. The highest BCUT2D eigenvalue weighted by Gasteiger charge is 2.32. The number of aliphatic carboxylic acids is 1. The Morgan fingerprint density at radius 2 is 1.73 bits per heavy atom. The number of amides is 4. The molecule has 184 valence electrons. The fourth-order valence-corrected chi connectivity index (χ4v) is 2.66. The van der Waals surface area contributed by atoms with Crippen molar-refractivity contribution < 1.29 is 39.3 Å². The first kappa shape index (κ1) is 27.5. The first-order valence-electron chi connectivity index (χ1n) is 9.90. The molecule has 0 aliphatic heterocycles. The summed E-state index contributed by atoms with van der Waals surface area (Å²) in [7, 11) is 0. The number of aromatic amines is 1. The van der Waals surface area contributed by atoms with Gasteiger partial charge in [-0.3, -0.25) is 19.2 Å². The lowest BCUT2D eigenvalue weighted by molar-refractivity contribution is -0.143. The van der Waals surface area contributed by atoms with Gasteiger partial charge in [0.1, 0.15) is 18.1 Å². The third-order valence-electron chi connectivity index (χ3n) is 4.50.